The van der Waals surface area contributed by atoms with E-state index in [-0.39, 0.29) is 16.0 Å². The summed E-state index contributed by atoms with van der Waals surface area (Å²) in [5.41, 5.74) is 6.04. The van der Waals surface area contributed by atoms with Crippen LogP contribution in [0.2, 0.25) is 5.02 Å². The van der Waals surface area contributed by atoms with Crippen LogP contribution in [-0.2, 0) is 10.0 Å². The van der Waals surface area contributed by atoms with E-state index in [0.717, 1.165) is 19.3 Å². The Kier molecular flexibility index (Phi) is 4.62. The molecule has 0 heterocycles. The van der Waals surface area contributed by atoms with Crippen LogP contribution in [0.1, 0.15) is 33.1 Å². The summed E-state index contributed by atoms with van der Waals surface area (Å²) in [5, 5.41) is 0.198. The molecule has 0 radical (unpaired) electrons. The first-order valence-electron chi connectivity index (χ1n) is 6.87. The van der Waals surface area contributed by atoms with Gasteiger partial charge in [0, 0.05) is 11.7 Å². The Bertz CT molecular complexity index is 589. The molecule has 112 valence electrons. The Morgan fingerprint density at radius 3 is 2.65 bits per heavy atom. The second kappa shape index (κ2) is 5.92. The number of sulfonamides is 1. The minimum atomic E-state index is -3.63. The van der Waals surface area contributed by atoms with Crippen molar-refractivity contribution in [2.24, 2.45) is 11.8 Å². The molecule has 0 saturated heterocycles. The summed E-state index contributed by atoms with van der Waals surface area (Å²) in [5.74, 6) is 0.982. The largest absolute Gasteiger partial charge is 0.399 e. The highest BCUT2D eigenvalue weighted by atomic mass is 35.5. The molecule has 2 rings (SSSR count). The van der Waals surface area contributed by atoms with Crippen LogP contribution in [0.5, 0.6) is 0 Å². The van der Waals surface area contributed by atoms with Crippen molar-refractivity contribution in [1.82, 2.24) is 4.72 Å². The molecular weight excluding hydrogens is 296 g/mol. The molecule has 0 bridgehead atoms. The second-order valence-electron chi connectivity index (χ2n) is 5.81. The van der Waals surface area contributed by atoms with Crippen LogP contribution >= 0.6 is 11.6 Å². The van der Waals surface area contributed by atoms with Crippen molar-refractivity contribution >= 4 is 27.3 Å². The molecule has 0 aliphatic heterocycles. The molecule has 1 aliphatic carbocycles. The lowest BCUT2D eigenvalue weighted by Crippen LogP contribution is -2.42. The third-order valence-electron chi connectivity index (χ3n) is 3.98. The molecule has 1 aromatic rings. The van der Waals surface area contributed by atoms with Crippen LogP contribution in [0.3, 0.4) is 0 Å². The Morgan fingerprint density at radius 1 is 1.30 bits per heavy atom. The Hall–Kier alpha value is -0.780. The highest BCUT2D eigenvalue weighted by Crippen LogP contribution is 2.31. The molecule has 3 atom stereocenters. The van der Waals surface area contributed by atoms with Gasteiger partial charge in [-0.1, -0.05) is 25.4 Å². The highest BCUT2D eigenvalue weighted by molar-refractivity contribution is 7.89. The molecule has 1 aromatic carbocycles. The topological polar surface area (TPSA) is 72.2 Å². The average molecular weight is 317 g/mol. The van der Waals surface area contributed by atoms with E-state index in [9.17, 15) is 8.42 Å². The monoisotopic (exact) mass is 316 g/mol. The molecular formula is C14H21ClN2O2S. The lowest BCUT2D eigenvalue weighted by Gasteiger charge is -2.33. The summed E-state index contributed by atoms with van der Waals surface area (Å²) in [6.07, 6.45) is 2.95. The van der Waals surface area contributed by atoms with Gasteiger partial charge in [-0.05, 0) is 49.3 Å². The first-order chi connectivity index (χ1) is 9.29. The molecule has 3 N–H and O–H groups in total. The first kappa shape index (κ1) is 15.6. The number of benzene rings is 1. The van der Waals surface area contributed by atoms with Gasteiger partial charge in [0.1, 0.15) is 4.90 Å². The van der Waals surface area contributed by atoms with Crippen LogP contribution in [-0.4, -0.2) is 14.5 Å². The van der Waals surface area contributed by atoms with Crippen LogP contribution in [0.25, 0.3) is 0 Å². The molecule has 1 fully saturated rings. The quantitative estimate of drug-likeness (QED) is 0.842. The second-order valence-corrected chi connectivity index (χ2v) is 7.90. The van der Waals surface area contributed by atoms with Crippen LogP contribution in [0, 0.1) is 11.8 Å². The van der Waals surface area contributed by atoms with Gasteiger partial charge < -0.3 is 5.73 Å². The third-order valence-corrected chi connectivity index (χ3v) is 5.95. The van der Waals surface area contributed by atoms with E-state index in [1.807, 2.05) is 0 Å². The minimum absolute atomic E-state index is 0.0336. The fourth-order valence-electron chi connectivity index (χ4n) is 2.83. The number of hydrogen-bond donors (Lipinski definition) is 2. The van der Waals surface area contributed by atoms with Crippen LogP contribution in [0.4, 0.5) is 5.69 Å². The van der Waals surface area contributed by atoms with Gasteiger partial charge in [-0.25, -0.2) is 13.1 Å². The van der Waals surface area contributed by atoms with Crippen molar-refractivity contribution in [3.05, 3.63) is 23.2 Å². The van der Waals surface area contributed by atoms with Gasteiger partial charge >= 0.3 is 0 Å². The van der Waals surface area contributed by atoms with Gasteiger partial charge in [0.2, 0.25) is 10.0 Å². The van der Waals surface area contributed by atoms with Gasteiger partial charge in [0.25, 0.3) is 0 Å². The number of anilines is 1. The maximum atomic E-state index is 12.4. The van der Waals surface area contributed by atoms with Crippen LogP contribution in [0.15, 0.2) is 23.1 Å². The lowest BCUT2D eigenvalue weighted by atomic mass is 9.80. The Balaban J connectivity index is 2.21. The van der Waals surface area contributed by atoms with Crippen molar-refractivity contribution in [3.63, 3.8) is 0 Å². The Labute approximate surface area is 125 Å². The summed E-state index contributed by atoms with van der Waals surface area (Å²) in [6.45, 7) is 4.29. The molecule has 0 spiro atoms. The SMILES string of the molecule is CC1CCC(NS(=O)(=O)c2cc(N)ccc2Cl)C(C)C1. The number of halogens is 1. The van der Waals surface area contributed by atoms with Gasteiger partial charge in [-0.15, -0.1) is 0 Å². The fourth-order valence-corrected chi connectivity index (χ4v) is 4.74. The maximum absolute atomic E-state index is 12.4. The summed E-state index contributed by atoms with van der Waals surface area (Å²) >= 11 is 5.98. The molecule has 1 saturated carbocycles. The maximum Gasteiger partial charge on any atom is 0.242 e. The van der Waals surface area contributed by atoms with E-state index in [0.29, 0.717) is 17.5 Å². The van der Waals surface area contributed by atoms with Crippen molar-refractivity contribution in [2.45, 2.75) is 44.0 Å². The normalized spacial score (nSPS) is 27.4. The van der Waals surface area contributed by atoms with Crippen molar-refractivity contribution < 1.29 is 8.42 Å². The molecule has 1 aliphatic rings. The summed E-state index contributed by atoms with van der Waals surface area (Å²) in [4.78, 5) is 0.0602. The Morgan fingerprint density at radius 2 is 2.00 bits per heavy atom. The van der Waals surface area contributed by atoms with Crippen molar-refractivity contribution in [3.8, 4) is 0 Å². The minimum Gasteiger partial charge on any atom is -0.399 e. The fraction of sp³-hybridized carbons (Fsp3) is 0.571. The predicted octanol–water partition coefficient (Wildman–Crippen LogP) is 3.03. The first-order valence-corrected chi connectivity index (χ1v) is 8.73. The van der Waals surface area contributed by atoms with Crippen molar-refractivity contribution in [1.29, 1.82) is 0 Å². The molecule has 6 heteroatoms. The van der Waals surface area contributed by atoms with Gasteiger partial charge in [0.05, 0.1) is 5.02 Å². The number of nitrogens with one attached hydrogen (secondary N) is 1. The zero-order valence-corrected chi connectivity index (χ0v) is 13.3. The van der Waals surface area contributed by atoms with Crippen molar-refractivity contribution in [2.75, 3.05) is 5.73 Å². The average Bonchev–Trinajstić information content (AvgIpc) is 2.35. The molecule has 3 unspecified atom stereocenters. The number of nitrogens with two attached hydrogens (primary N) is 1. The van der Waals surface area contributed by atoms with Gasteiger partial charge in [-0.3, -0.25) is 0 Å². The zero-order chi connectivity index (χ0) is 14.9. The molecule has 20 heavy (non-hydrogen) atoms. The van der Waals surface area contributed by atoms with Gasteiger partial charge in [0.15, 0.2) is 0 Å². The molecule has 4 nitrogen and oxygen atoms in total. The van der Waals surface area contributed by atoms with Gasteiger partial charge in [-0.2, -0.15) is 0 Å². The van der Waals surface area contributed by atoms with E-state index >= 15 is 0 Å². The van der Waals surface area contributed by atoms with E-state index in [2.05, 4.69) is 18.6 Å². The summed E-state index contributed by atoms with van der Waals surface area (Å²) in [6, 6.07) is 4.47. The predicted molar refractivity (Wildman–Crippen MR) is 82.2 cm³/mol. The van der Waals surface area contributed by atoms with E-state index < -0.39 is 10.0 Å². The molecule has 0 aromatic heterocycles. The van der Waals surface area contributed by atoms with E-state index in [1.165, 1.54) is 12.1 Å². The smallest absolute Gasteiger partial charge is 0.242 e. The molecule has 0 amide bonds. The summed E-state index contributed by atoms with van der Waals surface area (Å²) in [7, 11) is -3.63. The highest BCUT2D eigenvalue weighted by Gasteiger charge is 2.30. The van der Waals surface area contributed by atoms with Crippen LogP contribution < -0.4 is 10.5 Å². The zero-order valence-electron chi connectivity index (χ0n) is 11.8. The number of rotatable bonds is 3. The lowest BCUT2D eigenvalue weighted by molar-refractivity contribution is 0.249. The standard InChI is InChI=1S/C14H21ClN2O2S/c1-9-3-6-13(10(2)7-9)17-20(18,19)14-8-11(16)4-5-12(14)15/h4-5,8-10,13,17H,3,6-7,16H2,1-2H3. The number of nitrogen functional groups attached to an aromatic ring is 1. The van der Waals surface area contributed by atoms with E-state index in [4.69, 9.17) is 17.3 Å². The third kappa shape index (κ3) is 3.45. The van der Waals surface area contributed by atoms with E-state index in [1.54, 1.807) is 6.07 Å². The number of hydrogen-bond acceptors (Lipinski definition) is 3. The summed E-state index contributed by atoms with van der Waals surface area (Å²) < 4.78 is 27.7.